The van der Waals surface area contributed by atoms with E-state index in [-0.39, 0.29) is 26.7 Å². The number of nitrogens with zero attached hydrogens (tertiary/aromatic N) is 3. The van der Waals surface area contributed by atoms with Gasteiger partial charge in [0.25, 0.3) is 4.92 Å². The second-order valence-corrected chi connectivity index (χ2v) is 3.94. The van der Waals surface area contributed by atoms with Crippen molar-refractivity contribution in [1.29, 1.82) is 0 Å². The van der Waals surface area contributed by atoms with Gasteiger partial charge in [0.05, 0.1) is 17.8 Å². The van der Waals surface area contributed by atoms with Crippen molar-refractivity contribution in [1.82, 2.24) is 9.97 Å². The molecule has 1 aromatic heterocycles. The summed E-state index contributed by atoms with van der Waals surface area (Å²) < 4.78 is 4.47. The van der Waals surface area contributed by atoms with E-state index in [0.29, 0.717) is 0 Å². The van der Waals surface area contributed by atoms with Crippen LogP contribution in [-0.2, 0) is 14.4 Å². The molecule has 1 rings (SSSR count). The van der Waals surface area contributed by atoms with Gasteiger partial charge in [0, 0.05) is 0 Å². The molecule has 0 aromatic carbocycles. The molecule has 0 aliphatic heterocycles. The van der Waals surface area contributed by atoms with Crippen molar-refractivity contribution in [3.63, 3.8) is 0 Å². The van der Waals surface area contributed by atoms with E-state index in [9.17, 15) is 9.70 Å². The molecule has 0 saturated heterocycles. The number of hydrogen-bond donors (Lipinski definition) is 0. The van der Waals surface area contributed by atoms with Crippen LogP contribution in [0.5, 0.6) is 0 Å². The van der Waals surface area contributed by atoms with Crippen LogP contribution in [0.25, 0.3) is 0 Å². The molecule has 0 bridgehead atoms. The lowest BCUT2D eigenvalue weighted by Crippen LogP contribution is -2.06. The van der Waals surface area contributed by atoms with Crippen LogP contribution in [0.4, 0.5) is 5.69 Å². The summed E-state index contributed by atoms with van der Waals surface area (Å²) in [6, 6.07) is 0. The Morgan fingerprint density at radius 3 is 2.88 bits per heavy atom. The van der Waals surface area contributed by atoms with E-state index < -0.39 is 5.97 Å². The molecule has 0 saturated carbocycles. The minimum absolute atomic E-state index is 0.00833. The Bertz CT molecular complexity index is 443. The Labute approximate surface area is 106 Å². The number of esters is 1. The first-order valence-electron chi connectivity index (χ1n) is 4.32. The van der Waals surface area contributed by atoms with Gasteiger partial charge >= 0.3 is 11.7 Å². The van der Waals surface area contributed by atoms with Crippen molar-refractivity contribution in [3.8, 4) is 0 Å². The maximum Gasteiger partial charge on any atom is 0.366 e. The first kappa shape index (κ1) is 13.7. The number of halogens is 1. The van der Waals surface area contributed by atoms with Crippen LogP contribution in [-0.4, -0.2) is 40.8 Å². The van der Waals surface area contributed by atoms with Gasteiger partial charge in [-0.15, -0.1) is 0 Å². The van der Waals surface area contributed by atoms with Gasteiger partial charge in [-0.25, -0.2) is 14.8 Å². The van der Waals surface area contributed by atoms with Gasteiger partial charge in [0.15, 0.2) is 12.1 Å². The highest BCUT2D eigenvalue weighted by Crippen LogP contribution is 2.27. The molecule has 9 heteroatoms. The summed E-state index contributed by atoms with van der Waals surface area (Å²) in [5.41, 5.74) is 0.0748. The zero-order valence-corrected chi connectivity index (χ0v) is 10.6. The van der Waals surface area contributed by atoms with E-state index in [1.807, 2.05) is 0 Å². The molecule has 0 atom stereocenters. The van der Waals surface area contributed by atoms with Crippen molar-refractivity contribution in [2.75, 3.05) is 20.0 Å². The van der Waals surface area contributed by atoms with Crippen molar-refractivity contribution < 1.29 is 19.3 Å². The highest BCUT2D eigenvalue weighted by Gasteiger charge is 2.24. The molecule has 0 radical (unpaired) electrons. The molecule has 0 spiro atoms. The lowest BCUT2D eigenvalue weighted by molar-refractivity contribution is -0.738. The highest BCUT2D eigenvalue weighted by atomic mass is 35.5. The van der Waals surface area contributed by atoms with E-state index in [0.717, 1.165) is 11.8 Å². The fourth-order valence-corrected chi connectivity index (χ4v) is 1.84. The van der Waals surface area contributed by atoms with Crippen LogP contribution < -0.4 is 0 Å². The fraction of sp³-hybridized carbons (Fsp3) is 0.375. The van der Waals surface area contributed by atoms with E-state index in [4.69, 9.17) is 11.6 Å². The third-order valence-corrected chi connectivity index (χ3v) is 2.76. The minimum Gasteiger partial charge on any atom is -0.468 e. The molecule has 92 valence electrons. The van der Waals surface area contributed by atoms with Crippen molar-refractivity contribution in [2.24, 2.45) is 0 Å². The van der Waals surface area contributed by atoms with Gasteiger partial charge in [0.2, 0.25) is 5.28 Å². The predicted octanol–water partition coefficient (Wildman–Crippen LogP) is 1.37. The fourth-order valence-electron chi connectivity index (χ4n) is 0.856. The van der Waals surface area contributed by atoms with Gasteiger partial charge < -0.3 is 4.74 Å². The lowest BCUT2D eigenvalue weighted by Gasteiger charge is -1.99. The topological polar surface area (TPSA) is 81.4 Å². The molecule has 1 aromatic rings. The van der Waals surface area contributed by atoms with Crippen molar-refractivity contribution in [3.05, 3.63) is 16.4 Å². The van der Waals surface area contributed by atoms with Gasteiger partial charge in [-0.3, -0.25) is 4.79 Å². The number of carbonyl (C=O) groups excluding carboxylic acids is 1. The molecule has 0 aliphatic rings. The molecular weight excluding hydrogens is 270 g/mol. The Balaban J connectivity index is 2.91. The van der Waals surface area contributed by atoms with E-state index in [1.165, 1.54) is 20.4 Å². The van der Waals surface area contributed by atoms with Crippen molar-refractivity contribution in [2.45, 2.75) is 5.03 Å². The first-order chi connectivity index (χ1) is 8.08. The normalized spacial score (nSPS) is 9.82. The van der Waals surface area contributed by atoms with Crippen LogP contribution in [0.2, 0.25) is 5.28 Å². The van der Waals surface area contributed by atoms with Gasteiger partial charge in [-0.1, -0.05) is 11.8 Å². The maximum atomic E-state index is 11.3. The molecule has 0 N–H and O–H groups in total. The molecule has 17 heavy (non-hydrogen) atoms. The van der Waals surface area contributed by atoms with E-state index in [1.54, 1.807) is 0 Å². The monoisotopic (exact) mass is 278 g/mol. The van der Waals surface area contributed by atoms with Crippen LogP contribution in [0.15, 0.2) is 11.2 Å². The second kappa shape index (κ2) is 6.36. The average Bonchev–Trinajstić information content (AvgIpc) is 2.35. The summed E-state index contributed by atoms with van der Waals surface area (Å²) in [6.07, 6.45) is 1.21. The maximum absolute atomic E-state index is 11.3. The largest absolute Gasteiger partial charge is 0.468 e. The van der Waals surface area contributed by atoms with Crippen LogP contribution in [0, 0.1) is 4.91 Å². The molecular formula is C8H9ClN3O4S+. The molecule has 0 aliphatic carbocycles. The minimum atomic E-state index is -0.439. The van der Waals surface area contributed by atoms with E-state index in [2.05, 4.69) is 19.5 Å². The quantitative estimate of drug-likeness (QED) is 0.264. The van der Waals surface area contributed by atoms with Gasteiger partial charge in [0.1, 0.15) is 6.20 Å². The van der Waals surface area contributed by atoms with Crippen LogP contribution in [0.1, 0.15) is 0 Å². The number of carbonyl (C=O) groups is 1. The van der Waals surface area contributed by atoms with Crippen LogP contribution in [0.3, 0.4) is 0 Å². The molecule has 0 unspecified atom stereocenters. The number of aromatic nitrogens is 2. The number of thioether (sulfide) groups is 1. The Morgan fingerprint density at radius 2 is 2.29 bits per heavy atom. The average molecular weight is 279 g/mol. The molecule has 7 nitrogen and oxygen atoms in total. The third kappa shape index (κ3) is 3.82. The Hall–Kier alpha value is -1.41. The second-order valence-electron chi connectivity index (χ2n) is 2.63. The number of hydrogen-bond acceptors (Lipinski definition) is 7. The summed E-state index contributed by atoms with van der Waals surface area (Å²) >= 11 is 6.61. The SMILES string of the molecule is COC(=O)CSc1nc(Cl)ncc1[N+](=O)OC. The summed E-state index contributed by atoms with van der Waals surface area (Å²) in [5.74, 6) is -0.431. The number of methoxy groups -OCH3 is 1. The summed E-state index contributed by atoms with van der Waals surface area (Å²) in [4.78, 5) is 34.5. The van der Waals surface area contributed by atoms with Gasteiger partial charge in [-0.2, -0.15) is 0 Å². The summed E-state index contributed by atoms with van der Waals surface area (Å²) in [5, 5.41) is 0.220. The Morgan fingerprint density at radius 1 is 1.59 bits per heavy atom. The summed E-state index contributed by atoms with van der Waals surface area (Å²) in [6.45, 7) is 0. The summed E-state index contributed by atoms with van der Waals surface area (Å²) in [7, 11) is 2.47. The third-order valence-electron chi connectivity index (χ3n) is 1.62. The number of rotatable bonds is 5. The molecule has 1 heterocycles. The zero-order valence-electron chi connectivity index (χ0n) is 9.05. The smallest absolute Gasteiger partial charge is 0.366 e. The number of ether oxygens (including phenoxy) is 1. The van der Waals surface area contributed by atoms with Crippen LogP contribution >= 0.6 is 23.4 Å². The predicted molar refractivity (Wildman–Crippen MR) is 60.1 cm³/mol. The van der Waals surface area contributed by atoms with Gasteiger partial charge in [-0.05, 0) is 11.6 Å². The van der Waals surface area contributed by atoms with E-state index >= 15 is 0 Å². The Kier molecular flexibility index (Phi) is 5.11. The first-order valence-corrected chi connectivity index (χ1v) is 5.68. The standard InChI is InChI=1S/C8H9ClN3O4S/c1-15-6(13)4-17-7-5(12(14)16-2)3-10-8(9)11-7/h3H,4H2,1-2H3/q+1. The zero-order chi connectivity index (χ0) is 12.8. The molecule has 0 amide bonds. The lowest BCUT2D eigenvalue weighted by atomic mass is 10.6. The van der Waals surface area contributed by atoms with Crippen molar-refractivity contribution >= 4 is 35.0 Å². The highest BCUT2D eigenvalue weighted by molar-refractivity contribution is 8.00. The molecule has 0 fully saturated rings.